The number of carboxylic acid groups (broad SMARTS) is 1. The van der Waals surface area contributed by atoms with Gasteiger partial charge in [0.05, 0.1) is 6.10 Å². The highest BCUT2D eigenvalue weighted by Crippen LogP contribution is 2.27. The van der Waals surface area contributed by atoms with E-state index >= 15 is 0 Å². The molecule has 0 heterocycles. The number of carboxylic acids is 1. The third kappa shape index (κ3) is 3.27. The van der Waals surface area contributed by atoms with Gasteiger partial charge in [-0.3, -0.25) is 4.79 Å². The van der Waals surface area contributed by atoms with Crippen LogP contribution >= 0.6 is 0 Å². The van der Waals surface area contributed by atoms with Crippen LogP contribution in [0.1, 0.15) is 38.5 Å². The molecule has 1 fully saturated rings. The Morgan fingerprint density at radius 3 is 2.43 bits per heavy atom. The summed E-state index contributed by atoms with van der Waals surface area (Å²) in [5.41, 5.74) is 5.33. The summed E-state index contributed by atoms with van der Waals surface area (Å²) in [6.45, 7) is 0. The Morgan fingerprint density at radius 2 is 1.93 bits per heavy atom. The number of rotatable bonds is 4. The van der Waals surface area contributed by atoms with Crippen LogP contribution in [-0.2, 0) is 4.79 Å². The van der Waals surface area contributed by atoms with Crippen molar-refractivity contribution >= 4 is 5.97 Å². The van der Waals surface area contributed by atoms with Gasteiger partial charge in [-0.05, 0) is 12.3 Å². The fourth-order valence-corrected chi connectivity index (χ4v) is 2.08. The minimum atomic E-state index is -1.13. The molecule has 14 heavy (non-hydrogen) atoms. The van der Waals surface area contributed by atoms with Gasteiger partial charge in [0.2, 0.25) is 0 Å². The second-order valence-corrected chi connectivity index (χ2v) is 4.17. The second-order valence-electron chi connectivity index (χ2n) is 4.17. The molecule has 0 bridgehead atoms. The number of nitrogens with two attached hydrogens (primary N) is 1. The summed E-state index contributed by atoms with van der Waals surface area (Å²) in [7, 11) is 0. The number of aliphatic carboxylic acids is 1. The van der Waals surface area contributed by atoms with Gasteiger partial charge in [0.25, 0.3) is 0 Å². The molecule has 0 aromatic rings. The highest BCUT2D eigenvalue weighted by atomic mass is 16.4. The quantitative estimate of drug-likeness (QED) is 0.626. The fraction of sp³-hybridized carbons (Fsp3) is 0.900. The van der Waals surface area contributed by atoms with Crippen LogP contribution in [-0.4, -0.2) is 28.3 Å². The van der Waals surface area contributed by atoms with Gasteiger partial charge in [0.1, 0.15) is 6.04 Å². The first kappa shape index (κ1) is 11.5. The van der Waals surface area contributed by atoms with Crippen LogP contribution in [0, 0.1) is 5.92 Å². The topological polar surface area (TPSA) is 83.6 Å². The van der Waals surface area contributed by atoms with Gasteiger partial charge in [-0.25, -0.2) is 0 Å². The lowest BCUT2D eigenvalue weighted by Crippen LogP contribution is -2.42. The first-order chi connectivity index (χ1) is 6.61. The van der Waals surface area contributed by atoms with Crippen molar-refractivity contribution in [2.75, 3.05) is 0 Å². The van der Waals surface area contributed by atoms with E-state index in [1.54, 1.807) is 0 Å². The lowest BCUT2D eigenvalue weighted by atomic mass is 9.84. The summed E-state index contributed by atoms with van der Waals surface area (Å²) in [4.78, 5) is 10.5. The predicted octanol–water partition coefficient (Wildman–Crippen LogP) is 0.730. The summed E-state index contributed by atoms with van der Waals surface area (Å²) in [6.07, 6.45) is 5.49. The Bertz CT molecular complexity index is 190. The molecule has 0 aromatic carbocycles. The minimum absolute atomic E-state index is 0.462. The Labute approximate surface area is 84.1 Å². The summed E-state index contributed by atoms with van der Waals surface area (Å²) >= 11 is 0. The molecule has 1 aliphatic rings. The van der Waals surface area contributed by atoms with E-state index in [4.69, 9.17) is 10.8 Å². The van der Waals surface area contributed by atoms with E-state index in [0.29, 0.717) is 12.3 Å². The highest BCUT2D eigenvalue weighted by Gasteiger charge is 2.25. The smallest absolute Gasteiger partial charge is 0.323 e. The average Bonchev–Trinajstić information content (AvgIpc) is 2.18. The van der Waals surface area contributed by atoms with Crippen LogP contribution in [0.5, 0.6) is 0 Å². The SMILES string of the molecule is N[C@@H](C(=O)O)[C@@H](O)CC1CCCCC1. The number of hydrogen-bond donors (Lipinski definition) is 3. The van der Waals surface area contributed by atoms with E-state index in [9.17, 15) is 9.90 Å². The lowest BCUT2D eigenvalue weighted by Gasteiger charge is -2.25. The fourth-order valence-electron chi connectivity index (χ4n) is 2.08. The maximum Gasteiger partial charge on any atom is 0.323 e. The molecule has 2 atom stereocenters. The first-order valence-corrected chi connectivity index (χ1v) is 5.27. The molecule has 0 spiro atoms. The Hall–Kier alpha value is -0.610. The van der Waals surface area contributed by atoms with Crippen molar-refractivity contribution in [3.63, 3.8) is 0 Å². The van der Waals surface area contributed by atoms with Gasteiger partial charge >= 0.3 is 5.97 Å². The molecule has 0 unspecified atom stereocenters. The zero-order valence-electron chi connectivity index (χ0n) is 8.35. The molecule has 4 N–H and O–H groups in total. The van der Waals surface area contributed by atoms with Crippen molar-refractivity contribution in [2.24, 2.45) is 11.7 Å². The summed E-state index contributed by atoms with van der Waals surface area (Å²) < 4.78 is 0. The molecule has 1 rings (SSSR count). The van der Waals surface area contributed by atoms with Crippen LogP contribution in [0.15, 0.2) is 0 Å². The van der Waals surface area contributed by atoms with Crippen LogP contribution in [0.4, 0.5) is 0 Å². The molecule has 0 radical (unpaired) electrons. The van der Waals surface area contributed by atoms with Crippen molar-refractivity contribution in [1.82, 2.24) is 0 Å². The van der Waals surface area contributed by atoms with E-state index in [-0.39, 0.29) is 0 Å². The summed E-state index contributed by atoms with van der Waals surface area (Å²) in [5.74, 6) is -0.655. The van der Waals surface area contributed by atoms with Crippen molar-refractivity contribution in [3.8, 4) is 0 Å². The third-order valence-electron chi connectivity index (χ3n) is 3.00. The predicted molar refractivity (Wildman–Crippen MR) is 52.8 cm³/mol. The normalized spacial score (nSPS) is 23.0. The molecule has 0 aromatic heterocycles. The highest BCUT2D eigenvalue weighted by molar-refractivity contribution is 5.73. The molecule has 0 amide bonds. The zero-order chi connectivity index (χ0) is 10.6. The van der Waals surface area contributed by atoms with E-state index in [1.807, 2.05) is 0 Å². The molecule has 1 aliphatic carbocycles. The van der Waals surface area contributed by atoms with E-state index in [1.165, 1.54) is 19.3 Å². The minimum Gasteiger partial charge on any atom is -0.480 e. The number of aliphatic hydroxyl groups excluding tert-OH is 1. The lowest BCUT2D eigenvalue weighted by molar-refractivity contribution is -0.141. The van der Waals surface area contributed by atoms with Gasteiger partial charge in [-0.1, -0.05) is 32.1 Å². The second kappa shape index (κ2) is 5.32. The summed E-state index contributed by atoms with van der Waals surface area (Å²) in [5, 5.41) is 18.1. The number of carbonyl (C=O) groups is 1. The van der Waals surface area contributed by atoms with Gasteiger partial charge in [0.15, 0.2) is 0 Å². The number of aliphatic hydroxyl groups is 1. The monoisotopic (exact) mass is 201 g/mol. The van der Waals surface area contributed by atoms with Gasteiger partial charge < -0.3 is 15.9 Å². The maximum atomic E-state index is 10.5. The van der Waals surface area contributed by atoms with Crippen molar-refractivity contribution in [3.05, 3.63) is 0 Å². The van der Waals surface area contributed by atoms with Crippen molar-refractivity contribution < 1.29 is 15.0 Å². The van der Waals surface area contributed by atoms with Crippen molar-refractivity contribution in [1.29, 1.82) is 0 Å². The van der Waals surface area contributed by atoms with E-state index in [0.717, 1.165) is 12.8 Å². The molecular weight excluding hydrogens is 182 g/mol. The first-order valence-electron chi connectivity index (χ1n) is 5.27. The molecule has 82 valence electrons. The Balaban J connectivity index is 2.31. The molecule has 4 nitrogen and oxygen atoms in total. The van der Waals surface area contributed by atoms with Crippen LogP contribution in [0.3, 0.4) is 0 Å². The molecular formula is C10H19NO3. The molecule has 0 aliphatic heterocycles. The third-order valence-corrected chi connectivity index (χ3v) is 3.00. The molecule has 0 saturated heterocycles. The standard InChI is InChI=1S/C10H19NO3/c11-9(10(13)14)8(12)6-7-4-2-1-3-5-7/h7-9,12H,1-6,11H2,(H,13,14)/t8-,9+/m0/s1. The van der Waals surface area contributed by atoms with Crippen molar-refractivity contribution in [2.45, 2.75) is 50.7 Å². The average molecular weight is 201 g/mol. The van der Waals surface area contributed by atoms with Gasteiger partial charge in [0, 0.05) is 0 Å². The van der Waals surface area contributed by atoms with Gasteiger partial charge in [-0.15, -0.1) is 0 Å². The molecule has 4 heteroatoms. The van der Waals surface area contributed by atoms with Gasteiger partial charge in [-0.2, -0.15) is 0 Å². The molecule has 1 saturated carbocycles. The Morgan fingerprint density at radius 1 is 1.36 bits per heavy atom. The van der Waals surface area contributed by atoms with Crippen LogP contribution in [0.25, 0.3) is 0 Å². The van der Waals surface area contributed by atoms with E-state index in [2.05, 4.69) is 0 Å². The number of hydrogen-bond acceptors (Lipinski definition) is 3. The maximum absolute atomic E-state index is 10.5. The Kier molecular flexibility index (Phi) is 4.35. The zero-order valence-corrected chi connectivity index (χ0v) is 8.35. The summed E-state index contributed by atoms with van der Waals surface area (Å²) in [6, 6.07) is -1.13. The van der Waals surface area contributed by atoms with E-state index < -0.39 is 18.1 Å². The van der Waals surface area contributed by atoms with Crippen LogP contribution < -0.4 is 5.73 Å². The largest absolute Gasteiger partial charge is 0.480 e. The van der Waals surface area contributed by atoms with Crippen LogP contribution in [0.2, 0.25) is 0 Å².